The van der Waals surface area contributed by atoms with Crippen molar-refractivity contribution in [2.45, 2.75) is 195 Å². The van der Waals surface area contributed by atoms with Gasteiger partial charge in [-0.25, -0.2) is 8.78 Å². The second-order valence-corrected chi connectivity index (χ2v) is 35.1. The number of rotatable bonds is 32. The summed E-state index contributed by atoms with van der Waals surface area (Å²) >= 11 is 13.0. The van der Waals surface area contributed by atoms with Crippen LogP contribution in [0, 0.1) is 23.5 Å². The van der Waals surface area contributed by atoms with Gasteiger partial charge in [0.25, 0.3) is 0 Å². The highest BCUT2D eigenvalue weighted by Crippen LogP contribution is 2.52. The van der Waals surface area contributed by atoms with Gasteiger partial charge in [0.05, 0.1) is 34.6 Å². The Morgan fingerprint density at radius 1 is 0.386 bits per heavy atom. The van der Waals surface area contributed by atoms with Gasteiger partial charge >= 0.3 is 0 Å². The van der Waals surface area contributed by atoms with E-state index in [2.05, 4.69) is 102 Å². The maximum absolute atomic E-state index is 17.6. The Hall–Kier alpha value is -3.64. The van der Waals surface area contributed by atoms with Gasteiger partial charge in [-0.2, -0.15) is 17.5 Å². The molecule has 2 atom stereocenters. The molecule has 0 saturated carbocycles. The van der Waals surface area contributed by atoms with Crippen LogP contribution >= 0.6 is 91.5 Å². The third-order valence-electron chi connectivity index (χ3n) is 17.6. The SMILES string of the molecule is CCCCCCc1ccc(-c2ccc(-c3cc(F)c(-c4cc5c(s4)-c4sc(-c6c(F)cc(-c7ccc(-c8ccc(CCCCCC)s8)s7)c7nsnc67)cc4[Si]5(CC(CC)CCCCCC)CC(CC)CCCCCC)c4nsnc34)s2)s1. The molecule has 0 bridgehead atoms. The van der Waals surface area contributed by atoms with Crippen LogP contribution in [-0.2, 0) is 12.8 Å². The number of benzene rings is 2. The predicted octanol–water partition coefficient (Wildman–Crippen LogP) is 24.1. The van der Waals surface area contributed by atoms with E-state index < -0.39 is 8.07 Å². The minimum atomic E-state index is -2.63. The maximum atomic E-state index is 17.6. The molecule has 1 aliphatic rings. The Kier molecular flexibility index (Phi) is 20.9. The Morgan fingerprint density at radius 2 is 0.759 bits per heavy atom. The number of hydrogen-bond donors (Lipinski definition) is 0. The molecule has 1 aliphatic heterocycles. The molecule has 0 spiro atoms. The molecule has 2 aromatic carbocycles. The molecule has 83 heavy (non-hydrogen) atoms. The van der Waals surface area contributed by atoms with Crippen LogP contribution in [0.5, 0.6) is 0 Å². The molecule has 8 aromatic heterocycles. The lowest BCUT2D eigenvalue weighted by molar-refractivity contribution is 0.457. The molecule has 0 aliphatic carbocycles. The number of thiophene rings is 6. The van der Waals surface area contributed by atoms with Crippen molar-refractivity contribution in [3.05, 3.63) is 94.2 Å². The third kappa shape index (κ3) is 13.2. The average Bonchev–Trinajstić information content (AvgIpc) is 2.25. The van der Waals surface area contributed by atoms with Crippen molar-refractivity contribution in [1.82, 2.24) is 17.5 Å². The number of nitrogens with zero attached hydrogens (tertiary/aromatic N) is 4. The molecule has 15 heteroatoms. The molecule has 0 saturated heterocycles. The zero-order valence-electron chi connectivity index (χ0n) is 49.4. The summed E-state index contributed by atoms with van der Waals surface area (Å²) in [7, 11) is -2.63. The van der Waals surface area contributed by atoms with Crippen molar-refractivity contribution in [2.24, 2.45) is 11.8 Å². The lowest BCUT2D eigenvalue weighted by Gasteiger charge is -2.35. The zero-order chi connectivity index (χ0) is 57.5. The fraction of sp³-hybridized carbons (Fsp3) is 0.471. The number of unbranched alkanes of at least 4 members (excludes halogenated alkanes) is 12. The number of hydrogen-bond acceptors (Lipinski definition) is 12. The van der Waals surface area contributed by atoms with E-state index in [1.807, 2.05) is 22.7 Å². The van der Waals surface area contributed by atoms with E-state index in [9.17, 15) is 0 Å². The van der Waals surface area contributed by atoms with Gasteiger partial charge in [0.15, 0.2) is 0 Å². The fourth-order valence-electron chi connectivity index (χ4n) is 13.0. The van der Waals surface area contributed by atoms with Gasteiger partial charge in [0.2, 0.25) is 0 Å². The molecule has 0 fully saturated rings. The first kappa shape index (κ1) is 61.0. The molecule has 10 aromatic rings. The van der Waals surface area contributed by atoms with E-state index in [1.54, 1.807) is 57.5 Å². The third-order valence-corrected chi connectivity index (χ3v) is 31.8. The predicted molar refractivity (Wildman–Crippen MR) is 369 cm³/mol. The standard InChI is InChI=1S/C68H80F2N4S8Si/c1-7-13-17-21-25-43(11-5)41-83(42-44(12-6)26-22-18-14-8-2)59-39-57(61-49(69)37-47(63-65(61)73-81-71-63)51-33-35-55(77-51)53-31-29-45(75-53)27-23-19-15-9-3)79-67(59)68-60(83)40-58(80-68)62-50(70)38-48(64-66(62)74-82-72-64)52-34-36-56(78-52)54-32-30-46(76-54)28-24-20-16-10-4/h29-40,43-44H,7-28,41-42H2,1-6H3. The molecule has 438 valence electrons. The first-order valence-electron chi connectivity index (χ1n) is 31.3. The molecule has 11 rings (SSSR count). The van der Waals surface area contributed by atoms with Gasteiger partial charge in [0, 0.05) is 69.7 Å². The zero-order valence-corrected chi connectivity index (χ0v) is 56.9. The van der Waals surface area contributed by atoms with E-state index >= 15 is 8.78 Å². The number of aromatic nitrogens is 4. The van der Waals surface area contributed by atoms with Crippen LogP contribution in [0.1, 0.15) is 180 Å². The Bertz CT molecular complexity index is 3490. The van der Waals surface area contributed by atoms with Crippen LogP contribution in [0.25, 0.3) is 93.1 Å². The summed E-state index contributed by atoms with van der Waals surface area (Å²) in [5, 5.41) is 2.93. The lowest BCUT2D eigenvalue weighted by atomic mass is 10.00. The molecule has 0 amide bonds. The summed E-state index contributed by atoms with van der Waals surface area (Å²) in [6.07, 6.45) is 27.0. The molecule has 0 N–H and O–H groups in total. The van der Waals surface area contributed by atoms with Crippen LogP contribution in [-0.4, -0.2) is 25.6 Å². The van der Waals surface area contributed by atoms with E-state index in [1.165, 1.54) is 188 Å². The quantitative estimate of drug-likeness (QED) is 0.0311. The van der Waals surface area contributed by atoms with Crippen molar-refractivity contribution in [1.29, 1.82) is 0 Å². The number of aryl methyl sites for hydroxylation is 2. The summed E-state index contributed by atoms with van der Waals surface area (Å²) in [5.74, 6) is 0.617. The maximum Gasteiger partial charge on any atom is 0.134 e. The van der Waals surface area contributed by atoms with Crippen LogP contribution < -0.4 is 10.4 Å². The first-order valence-corrected chi connectivity index (χ1v) is 40.0. The van der Waals surface area contributed by atoms with Crippen LogP contribution in [0.3, 0.4) is 0 Å². The highest BCUT2D eigenvalue weighted by atomic mass is 32.1. The summed E-state index contributed by atoms with van der Waals surface area (Å²) < 4.78 is 55.0. The monoisotopic (exact) mass is 1270 g/mol. The summed E-state index contributed by atoms with van der Waals surface area (Å²) in [5.41, 5.74) is 5.57. The number of halogens is 2. The smallest absolute Gasteiger partial charge is 0.134 e. The molecule has 9 heterocycles. The van der Waals surface area contributed by atoms with Gasteiger partial charge in [-0.3, -0.25) is 0 Å². The van der Waals surface area contributed by atoms with E-state index in [4.69, 9.17) is 17.5 Å². The number of fused-ring (bicyclic) bond motifs is 5. The van der Waals surface area contributed by atoms with E-state index in [0.29, 0.717) is 34.0 Å². The van der Waals surface area contributed by atoms with Crippen LogP contribution in [0.2, 0.25) is 12.1 Å². The van der Waals surface area contributed by atoms with Crippen LogP contribution in [0.4, 0.5) is 8.78 Å². The minimum absolute atomic E-state index is 0.249. The van der Waals surface area contributed by atoms with Gasteiger partial charge in [-0.05, 0) is 133 Å². The minimum Gasteiger partial charge on any atom is -0.206 e. The van der Waals surface area contributed by atoms with Gasteiger partial charge in [-0.1, -0.05) is 157 Å². The average molecular weight is 1280 g/mol. The largest absolute Gasteiger partial charge is 0.206 e. The van der Waals surface area contributed by atoms with E-state index in [0.717, 1.165) is 79.4 Å². The van der Waals surface area contributed by atoms with Crippen molar-refractivity contribution >= 4 is 132 Å². The van der Waals surface area contributed by atoms with Gasteiger partial charge < -0.3 is 0 Å². The summed E-state index contributed by atoms with van der Waals surface area (Å²) in [6.45, 7) is 13.9. The normalized spacial score (nSPS) is 13.7. The second-order valence-electron chi connectivity index (χ2n) is 23.4. The first-order chi connectivity index (χ1) is 40.7. The topological polar surface area (TPSA) is 51.6 Å². The molecular formula is C68H80F2N4S8Si. The Balaban J connectivity index is 0.996. The van der Waals surface area contributed by atoms with Crippen molar-refractivity contribution in [3.63, 3.8) is 0 Å². The van der Waals surface area contributed by atoms with Gasteiger partial charge in [-0.15, -0.1) is 68.0 Å². The molecule has 4 nitrogen and oxygen atoms in total. The van der Waals surface area contributed by atoms with Gasteiger partial charge in [0.1, 0.15) is 41.8 Å². The van der Waals surface area contributed by atoms with Crippen LogP contribution in [0.15, 0.2) is 72.8 Å². The summed E-state index contributed by atoms with van der Waals surface area (Å²) in [6, 6.07) is 28.4. The molecule has 2 unspecified atom stereocenters. The Morgan fingerprint density at radius 3 is 1.17 bits per heavy atom. The van der Waals surface area contributed by atoms with Crippen molar-refractivity contribution in [2.75, 3.05) is 0 Å². The van der Waals surface area contributed by atoms with E-state index in [-0.39, 0.29) is 11.6 Å². The lowest BCUT2D eigenvalue weighted by Crippen LogP contribution is -2.56. The fourth-order valence-corrected chi connectivity index (χ4v) is 28.9. The second kappa shape index (κ2) is 28.5. The van der Waals surface area contributed by atoms with Crippen molar-refractivity contribution < 1.29 is 8.78 Å². The van der Waals surface area contributed by atoms with Crippen molar-refractivity contribution in [3.8, 4) is 71.0 Å². The Labute approximate surface area is 525 Å². The molecular weight excluding hydrogens is 1200 g/mol. The summed E-state index contributed by atoms with van der Waals surface area (Å²) in [4.78, 5) is 14.2. The highest BCUT2D eigenvalue weighted by Gasteiger charge is 2.50. The highest BCUT2D eigenvalue weighted by molar-refractivity contribution is 7.32. The molecule has 0 radical (unpaired) electrons.